The van der Waals surface area contributed by atoms with Gasteiger partial charge in [-0.05, 0) is 35.7 Å². The number of carbonyl (C=O) groups is 1. The smallest absolute Gasteiger partial charge is 0.337 e. The summed E-state index contributed by atoms with van der Waals surface area (Å²) in [5.41, 5.74) is 2.30. The van der Waals surface area contributed by atoms with E-state index in [0.717, 1.165) is 11.3 Å². The van der Waals surface area contributed by atoms with Gasteiger partial charge in [0.2, 0.25) is 11.7 Å². The summed E-state index contributed by atoms with van der Waals surface area (Å²) in [6.45, 7) is 0.411. The lowest BCUT2D eigenvalue weighted by Crippen LogP contribution is -2.02. The molecule has 0 aliphatic rings. The van der Waals surface area contributed by atoms with E-state index in [4.69, 9.17) is 4.52 Å². The third kappa shape index (κ3) is 3.15. The van der Waals surface area contributed by atoms with Crippen LogP contribution in [0.4, 0.5) is 5.69 Å². The van der Waals surface area contributed by atoms with E-state index in [1.54, 1.807) is 35.6 Å². The minimum Gasteiger partial charge on any atom is -0.465 e. The Bertz CT molecular complexity index is 751. The summed E-state index contributed by atoms with van der Waals surface area (Å²) < 4.78 is 9.85. The Kier molecular flexibility index (Phi) is 4.15. The standard InChI is InChI=1S/C15H13N3O3S/c1-20-15(19)10-2-4-12(5-3-10)16-8-13-17-14(18-21-13)11-6-7-22-9-11/h2-7,9,16H,8H2,1H3. The third-order valence-corrected chi connectivity index (χ3v) is 3.68. The summed E-state index contributed by atoms with van der Waals surface area (Å²) in [4.78, 5) is 15.7. The van der Waals surface area contributed by atoms with Crippen molar-refractivity contribution in [2.24, 2.45) is 0 Å². The maximum atomic E-state index is 11.3. The number of nitrogens with one attached hydrogen (secondary N) is 1. The van der Waals surface area contributed by atoms with Crippen LogP contribution in [-0.4, -0.2) is 23.2 Å². The number of thiophene rings is 1. The first-order valence-corrected chi connectivity index (χ1v) is 7.48. The monoisotopic (exact) mass is 315 g/mol. The molecule has 3 aromatic rings. The molecule has 0 saturated carbocycles. The van der Waals surface area contributed by atoms with E-state index in [0.29, 0.717) is 23.8 Å². The van der Waals surface area contributed by atoms with E-state index in [1.807, 2.05) is 16.8 Å². The van der Waals surface area contributed by atoms with Crippen LogP contribution in [0.5, 0.6) is 0 Å². The van der Waals surface area contributed by atoms with E-state index in [2.05, 4.69) is 20.2 Å². The number of benzene rings is 1. The van der Waals surface area contributed by atoms with Gasteiger partial charge in [0, 0.05) is 16.6 Å². The number of aromatic nitrogens is 2. The highest BCUT2D eigenvalue weighted by Crippen LogP contribution is 2.19. The normalized spacial score (nSPS) is 10.4. The summed E-state index contributed by atoms with van der Waals surface area (Å²) in [7, 11) is 1.36. The molecule has 1 aromatic carbocycles. The minimum absolute atomic E-state index is 0.358. The fourth-order valence-corrected chi connectivity index (χ4v) is 2.49. The Morgan fingerprint density at radius 1 is 1.32 bits per heavy atom. The molecule has 22 heavy (non-hydrogen) atoms. The molecule has 2 heterocycles. The number of esters is 1. The van der Waals surface area contributed by atoms with Gasteiger partial charge in [0.15, 0.2) is 0 Å². The molecule has 112 valence electrons. The number of rotatable bonds is 5. The number of nitrogens with zero attached hydrogens (tertiary/aromatic N) is 2. The molecule has 7 heteroatoms. The van der Waals surface area contributed by atoms with Crippen molar-refractivity contribution in [3.8, 4) is 11.4 Å². The highest BCUT2D eigenvalue weighted by Gasteiger charge is 2.09. The van der Waals surface area contributed by atoms with E-state index in [-0.39, 0.29) is 5.97 Å². The van der Waals surface area contributed by atoms with Gasteiger partial charge in [-0.2, -0.15) is 16.3 Å². The molecular formula is C15H13N3O3S. The van der Waals surface area contributed by atoms with Gasteiger partial charge < -0.3 is 14.6 Å². The predicted molar refractivity (Wildman–Crippen MR) is 82.7 cm³/mol. The number of hydrogen-bond donors (Lipinski definition) is 1. The number of methoxy groups -OCH3 is 1. The van der Waals surface area contributed by atoms with Crippen molar-refractivity contribution in [1.82, 2.24) is 10.1 Å². The summed E-state index contributed by atoms with van der Waals surface area (Å²) in [6, 6.07) is 8.92. The molecule has 0 atom stereocenters. The van der Waals surface area contributed by atoms with Gasteiger partial charge in [0.05, 0.1) is 19.2 Å². The first kappa shape index (κ1) is 14.3. The quantitative estimate of drug-likeness (QED) is 0.729. The molecule has 0 spiro atoms. The van der Waals surface area contributed by atoms with Crippen molar-refractivity contribution in [2.75, 3.05) is 12.4 Å². The van der Waals surface area contributed by atoms with Crippen molar-refractivity contribution >= 4 is 23.0 Å². The third-order valence-electron chi connectivity index (χ3n) is 3.00. The number of carbonyl (C=O) groups excluding carboxylic acids is 1. The van der Waals surface area contributed by atoms with Crippen LogP contribution in [0.3, 0.4) is 0 Å². The Balaban J connectivity index is 1.62. The Hall–Kier alpha value is -2.67. The van der Waals surface area contributed by atoms with Crippen molar-refractivity contribution in [3.63, 3.8) is 0 Å². The van der Waals surface area contributed by atoms with Crippen LogP contribution >= 0.6 is 11.3 Å². The SMILES string of the molecule is COC(=O)c1ccc(NCc2nc(-c3ccsc3)no2)cc1. The zero-order valence-electron chi connectivity index (χ0n) is 11.8. The second-order valence-electron chi connectivity index (χ2n) is 4.45. The molecule has 2 aromatic heterocycles. The van der Waals surface area contributed by atoms with E-state index >= 15 is 0 Å². The molecule has 0 bridgehead atoms. The molecular weight excluding hydrogens is 302 g/mol. The molecule has 0 saturated heterocycles. The summed E-state index contributed by atoms with van der Waals surface area (Å²) in [5.74, 6) is 0.723. The Morgan fingerprint density at radius 2 is 2.14 bits per heavy atom. The molecule has 6 nitrogen and oxygen atoms in total. The maximum absolute atomic E-state index is 11.3. The Labute approximate surface area is 130 Å². The fraction of sp³-hybridized carbons (Fsp3) is 0.133. The van der Waals surface area contributed by atoms with Crippen molar-refractivity contribution in [2.45, 2.75) is 6.54 Å². The second-order valence-corrected chi connectivity index (χ2v) is 5.23. The minimum atomic E-state index is -0.358. The fourth-order valence-electron chi connectivity index (χ4n) is 1.86. The van der Waals surface area contributed by atoms with Crippen LogP contribution in [0.2, 0.25) is 0 Å². The average molecular weight is 315 g/mol. The van der Waals surface area contributed by atoms with Crippen molar-refractivity contribution in [1.29, 1.82) is 0 Å². The van der Waals surface area contributed by atoms with Gasteiger partial charge in [-0.25, -0.2) is 4.79 Å². The van der Waals surface area contributed by atoms with E-state index < -0.39 is 0 Å². The van der Waals surface area contributed by atoms with Crippen LogP contribution < -0.4 is 5.32 Å². The van der Waals surface area contributed by atoms with Gasteiger partial charge >= 0.3 is 5.97 Å². The zero-order chi connectivity index (χ0) is 15.4. The summed E-state index contributed by atoms with van der Waals surface area (Å²) in [5, 5.41) is 11.0. The topological polar surface area (TPSA) is 77.2 Å². The lowest BCUT2D eigenvalue weighted by molar-refractivity contribution is 0.0601. The van der Waals surface area contributed by atoms with Crippen molar-refractivity contribution < 1.29 is 14.1 Å². The lowest BCUT2D eigenvalue weighted by Gasteiger charge is -2.04. The van der Waals surface area contributed by atoms with E-state index in [1.165, 1.54) is 7.11 Å². The van der Waals surface area contributed by atoms with Gasteiger partial charge in [0.25, 0.3) is 0 Å². The first-order valence-electron chi connectivity index (χ1n) is 6.53. The predicted octanol–water partition coefficient (Wildman–Crippen LogP) is 3.20. The van der Waals surface area contributed by atoms with Gasteiger partial charge in [-0.15, -0.1) is 0 Å². The van der Waals surface area contributed by atoms with Crippen LogP contribution in [0, 0.1) is 0 Å². The molecule has 3 rings (SSSR count). The average Bonchev–Trinajstić information content (AvgIpc) is 3.23. The van der Waals surface area contributed by atoms with Gasteiger partial charge in [-0.1, -0.05) is 5.16 Å². The largest absolute Gasteiger partial charge is 0.465 e. The second kappa shape index (κ2) is 6.40. The zero-order valence-corrected chi connectivity index (χ0v) is 12.6. The lowest BCUT2D eigenvalue weighted by atomic mass is 10.2. The number of ether oxygens (including phenoxy) is 1. The molecule has 0 radical (unpaired) electrons. The first-order chi connectivity index (χ1) is 10.8. The van der Waals surface area contributed by atoms with Gasteiger partial charge in [0.1, 0.15) is 0 Å². The molecule has 0 fully saturated rings. The van der Waals surface area contributed by atoms with Gasteiger partial charge in [-0.3, -0.25) is 0 Å². The summed E-state index contributed by atoms with van der Waals surface area (Å²) >= 11 is 1.58. The highest BCUT2D eigenvalue weighted by atomic mass is 32.1. The van der Waals surface area contributed by atoms with Crippen molar-refractivity contribution in [3.05, 3.63) is 52.5 Å². The molecule has 0 aliphatic heterocycles. The van der Waals surface area contributed by atoms with E-state index in [9.17, 15) is 4.79 Å². The maximum Gasteiger partial charge on any atom is 0.337 e. The number of hydrogen-bond acceptors (Lipinski definition) is 7. The highest BCUT2D eigenvalue weighted by molar-refractivity contribution is 7.08. The number of anilines is 1. The Morgan fingerprint density at radius 3 is 2.82 bits per heavy atom. The molecule has 1 N–H and O–H groups in total. The molecule has 0 unspecified atom stereocenters. The van der Waals surface area contributed by atoms with Crippen LogP contribution in [-0.2, 0) is 11.3 Å². The molecule has 0 amide bonds. The summed E-state index contributed by atoms with van der Waals surface area (Å²) in [6.07, 6.45) is 0. The van der Waals surface area contributed by atoms with Crippen LogP contribution in [0.25, 0.3) is 11.4 Å². The molecule has 0 aliphatic carbocycles. The van der Waals surface area contributed by atoms with Crippen LogP contribution in [0.15, 0.2) is 45.6 Å². The van der Waals surface area contributed by atoms with Crippen LogP contribution in [0.1, 0.15) is 16.2 Å².